The monoisotopic (exact) mass is 519 g/mol. The number of carbonyl (C=O) groups excluding carboxylic acids is 3. The molecular weight excluding hydrogens is 478 g/mol. The van der Waals surface area contributed by atoms with Crippen molar-refractivity contribution in [1.29, 1.82) is 0 Å². The molecule has 10 nitrogen and oxygen atoms in total. The van der Waals surface area contributed by atoms with Crippen LogP contribution in [0.4, 0.5) is 4.79 Å². The summed E-state index contributed by atoms with van der Waals surface area (Å²) in [7, 11) is 0. The predicted molar refractivity (Wildman–Crippen MR) is 138 cm³/mol. The molecule has 1 aromatic rings. The molecule has 206 valence electrons. The average molecular weight is 520 g/mol. The van der Waals surface area contributed by atoms with Crippen LogP contribution in [0.25, 0.3) is 0 Å². The summed E-state index contributed by atoms with van der Waals surface area (Å²) in [4.78, 5) is 48.7. The largest absolute Gasteiger partial charge is 0.481 e. The summed E-state index contributed by atoms with van der Waals surface area (Å²) < 4.78 is 5.28. The van der Waals surface area contributed by atoms with E-state index in [-0.39, 0.29) is 19.3 Å². The van der Waals surface area contributed by atoms with Crippen molar-refractivity contribution in [2.45, 2.75) is 95.9 Å². The zero-order valence-electron chi connectivity index (χ0n) is 22.0. The lowest BCUT2D eigenvalue weighted by atomic mass is 10.0. The van der Waals surface area contributed by atoms with Crippen LogP contribution < -0.4 is 16.0 Å². The number of aliphatic hydroxyl groups is 1. The zero-order valence-corrected chi connectivity index (χ0v) is 22.0. The maximum absolute atomic E-state index is 12.7. The predicted octanol–water partition coefficient (Wildman–Crippen LogP) is 2.53. The number of hydrogen-bond acceptors (Lipinski definition) is 6. The molecule has 0 aliphatic heterocycles. The van der Waals surface area contributed by atoms with Crippen molar-refractivity contribution >= 4 is 23.9 Å². The van der Waals surface area contributed by atoms with Crippen LogP contribution >= 0.6 is 0 Å². The van der Waals surface area contributed by atoms with Crippen LogP contribution in [0.5, 0.6) is 0 Å². The van der Waals surface area contributed by atoms with Gasteiger partial charge in [0.15, 0.2) is 0 Å². The number of amides is 3. The Labute approximate surface area is 218 Å². The number of aliphatic carboxylic acids is 1. The Morgan fingerprint density at radius 2 is 1.76 bits per heavy atom. The first-order valence-corrected chi connectivity index (χ1v) is 12.9. The number of aryl methyl sites for hydroxylation is 1. The molecule has 1 aromatic carbocycles. The van der Waals surface area contributed by atoms with Crippen molar-refractivity contribution in [2.24, 2.45) is 5.92 Å². The molecule has 0 radical (unpaired) electrons. The molecule has 0 spiro atoms. The first-order chi connectivity index (χ1) is 17.4. The summed E-state index contributed by atoms with van der Waals surface area (Å²) >= 11 is 0. The van der Waals surface area contributed by atoms with E-state index in [1.165, 1.54) is 0 Å². The highest BCUT2D eigenvalue weighted by atomic mass is 16.6. The Morgan fingerprint density at radius 1 is 1.08 bits per heavy atom. The second-order valence-corrected chi connectivity index (χ2v) is 10.6. The third kappa shape index (κ3) is 13.1. The van der Waals surface area contributed by atoms with E-state index in [2.05, 4.69) is 16.0 Å². The van der Waals surface area contributed by atoms with Crippen LogP contribution in [-0.4, -0.2) is 64.4 Å². The summed E-state index contributed by atoms with van der Waals surface area (Å²) in [6, 6.07) is 8.08. The summed E-state index contributed by atoms with van der Waals surface area (Å²) in [6.45, 7) is 5.57. The number of nitrogens with one attached hydrogen (secondary N) is 3. The van der Waals surface area contributed by atoms with Gasteiger partial charge in [0.05, 0.1) is 18.6 Å². The van der Waals surface area contributed by atoms with Crippen LogP contribution in [0.2, 0.25) is 0 Å². The fourth-order valence-corrected chi connectivity index (χ4v) is 3.88. The highest BCUT2D eigenvalue weighted by molar-refractivity contribution is 5.88. The maximum Gasteiger partial charge on any atom is 0.407 e. The quantitative estimate of drug-likeness (QED) is 0.223. The second-order valence-electron chi connectivity index (χ2n) is 10.6. The van der Waals surface area contributed by atoms with Crippen molar-refractivity contribution in [1.82, 2.24) is 16.0 Å². The Hall–Kier alpha value is -3.14. The van der Waals surface area contributed by atoms with Gasteiger partial charge in [-0.15, -0.1) is 0 Å². The number of hydrogen-bond donors (Lipinski definition) is 5. The number of benzene rings is 1. The van der Waals surface area contributed by atoms with Gasteiger partial charge in [-0.3, -0.25) is 14.4 Å². The van der Waals surface area contributed by atoms with Crippen LogP contribution in [0.3, 0.4) is 0 Å². The minimum absolute atomic E-state index is 0.0800. The number of aliphatic hydroxyl groups excluding tert-OH is 1. The summed E-state index contributed by atoms with van der Waals surface area (Å²) in [5.41, 5.74) is 0.435. The summed E-state index contributed by atoms with van der Waals surface area (Å²) in [5, 5.41) is 27.8. The van der Waals surface area contributed by atoms with E-state index in [0.717, 1.165) is 24.8 Å². The molecule has 1 aliphatic rings. The molecule has 37 heavy (non-hydrogen) atoms. The van der Waals surface area contributed by atoms with Crippen molar-refractivity contribution in [3.63, 3.8) is 0 Å². The molecule has 1 saturated carbocycles. The van der Waals surface area contributed by atoms with Crippen molar-refractivity contribution < 1.29 is 34.1 Å². The minimum atomic E-state index is -1.19. The Bertz CT molecular complexity index is 897. The Balaban J connectivity index is 1.89. The van der Waals surface area contributed by atoms with E-state index in [4.69, 9.17) is 9.84 Å². The molecule has 1 fully saturated rings. The van der Waals surface area contributed by atoms with E-state index >= 15 is 0 Å². The molecule has 3 amide bonds. The maximum atomic E-state index is 12.7. The van der Waals surface area contributed by atoms with Crippen molar-refractivity contribution in [3.05, 3.63) is 35.9 Å². The number of ether oxygens (including phenoxy) is 1. The number of carboxylic acid groups (broad SMARTS) is 1. The van der Waals surface area contributed by atoms with E-state index < -0.39 is 47.7 Å². The first-order valence-electron chi connectivity index (χ1n) is 12.9. The normalized spacial score (nSPS) is 15.7. The van der Waals surface area contributed by atoms with E-state index in [1.54, 1.807) is 20.8 Å². The molecule has 3 atom stereocenters. The Kier molecular flexibility index (Phi) is 11.8. The molecule has 0 saturated heterocycles. The van der Waals surface area contributed by atoms with Gasteiger partial charge in [0.1, 0.15) is 11.6 Å². The number of carbonyl (C=O) groups is 4. The number of carboxylic acids is 1. The smallest absolute Gasteiger partial charge is 0.407 e. The first kappa shape index (κ1) is 30.1. The van der Waals surface area contributed by atoms with Gasteiger partial charge in [-0.2, -0.15) is 0 Å². The van der Waals surface area contributed by atoms with Crippen molar-refractivity contribution in [3.8, 4) is 0 Å². The van der Waals surface area contributed by atoms with E-state index in [1.807, 2.05) is 30.3 Å². The second kappa shape index (κ2) is 14.6. The number of alkyl carbamates (subject to hydrolysis) is 1. The van der Waals surface area contributed by atoms with Gasteiger partial charge in [-0.25, -0.2) is 4.79 Å². The highest BCUT2D eigenvalue weighted by Crippen LogP contribution is 2.34. The summed E-state index contributed by atoms with van der Waals surface area (Å²) in [5.74, 6) is -1.79. The van der Waals surface area contributed by atoms with Crippen LogP contribution in [-0.2, 0) is 25.5 Å². The van der Waals surface area contributed by atoms with Gasteiger partial charge in [0.2, 0.25) is 11.8 Å². The topological polar surface area (TPSA) is 154 Å². The molecule has 0 heterocycles. The van der Waals surface area contributed by atoms with Gasteiger partial charge in [0, 0.05) is 13.0 Å². The third-order valence-electron chi connectivity index (χ3n) is 5.93. The highest BCUT2D eigenvalue weighted by Gasteiger charge is 2.33. The van der Waals surface area contributed by atoms with Gasteiger partial charge >= 0.3 is 12.1 Å². The lowest BCUT2D eigenvalue weighted by Crippen LogP contribution is -2.50. The van der Waals surface area contributed by atoms with Crippen molar-refractivity contribution in [2.75, 3.05) is 6.54 Å². The molecule has 0 unspecified atom stereocenters. The van der Waals surface area contributed by atoms with Crippen LogP contribution in [0.1, 0.15) is 71.3 Å². The average Bonchev–Trinajstić information content (AvgIpc) is 3.62. The van der Waals surface area contributed by atoms with Crippen LogP contribution in [0, 0.1) is 5.92 Å². The lowest BCUT2D eigenvalue weighted by molar-refractivity contribution is -0.138. The fraction of sp³-hybridized carbons (Fsp3) is 0.630. The molecular formula is C27H41N3O7. The SMILES string of the molecule is CC(C)(C)OC(=O)N[C@@H](CC1CC1)[C@@H](O)CC(=O)N[C@@H](CCC(=O)O)C(=O)NCCCc1ccccc1. The minimum Gasteiger partial charge on any atom is -0.481 e. The van der Waals surface area contributed by atoms with Gasteiger partial charge in [-0.05, 0) is 57.9 Å². The molecule has 2 rings (SSSR count). The van der Waals surface area contributed by atoms with Gasteiger partial charge in [-0.1, -0.05) is 43.2 Å². The molecule has 0 bridgehead atoms. The van der Waals surface area contributed by atoms with Gasteiger partial charge in [0.25, 0.3) is 0 Å². The van der Waals surface area contributed by atoms with E-state index in [0.29, 0.717) is 25.3 Å². The van der Waals surface area contributed by atoms with Crippen LogP contribution in [0.15, 0.2) is 30.3 Å². The zero-order chi connectivity index (χ0) is 27.4. The summed E-state index contributed by atoms with van der Waals surface area (Å²) in [6.07, 6.45) is 1.36. The number of rotatable bonds is 15. The molecule has 10 heteroatoms. The molecule has 5 N–H and O–H groups in total. The standard InChI is InChI=1S/C27H41N3O7/c1-27(2,3)37-26(36)30-21(16-19-11-12-19)22(31)17-23(32)29-20(13-14-24(33)34)25(35)28-15-7-10-18-8-5-4-6-9-18/h4-6,8-9,19-22,31H,7,10-17H2,1-3H3,(H,28,35)(H,29,32)(H,30,36)(H,33,34)/t20-,21-,22-/m0/s1. The third-order valence-corrected chi connectivity index (χ3v) is 5.93. The molecule has 1 aliphatic carbocycles. The lowest BCUT2D eigenvalue weighted by Gasteiger charge is -2.27. The van der Waals surface area contributed by atoms with Gasteiger partial charge < -0.3 is 30.9 Å². The fourth-order valence-electron chi connectivity index (χ4n) is 3.88. The molecule has 0 aromatic heterocycles. The van der Waals surface area contributed by atoms with E-state index in [9.17, 15) is 24.3 Å². The Morgan fingerprint density at radius 3 is 2.35 bits per heavy atom.